The molecule has 2 fully saturated rings. The van der Waals surface area contributed by atoms with Crippen LogP contribution < -0.4 is 0 Å². The molecule has 0 aromatic rings. The summed E-state index contributed by atoms with van der Waals surface area (Å²) in [5.41, 5.74) is 0.304. The molecule has 1 aliphatic carbocycles. The summed E-state index contributed by atoms with van der Waals surface area (Å²) < 4.78 is 0. The minimum absolute atomic E-state index is 0.183. The third-order valence-corrected chi connectivity index (χ3v) is 3.63. The molecule has 13 heavy (non-hydrogen) atoms. The molecule has 3 heteroatoms. The van der Waals surface area contributed by atoms with Gasteiger partial charge < -0.3 is 10.0 Å². The maximum Gasteiger partial charge on any atom is 0.219 e. The predicted octanol–water partition coefficient (Wildman–Crippen LogP) is 0.627. The molecule has 2 rings (SSSR count). The van der Waals surface area contributed by atoms with Gasteiger partial charge in [0.2, 0.25) is 5.91 Å². The third-order valence-electron chi connectivity index (χ3n) is 3.63. The lowest BCUT2D eigenvalue weighted by Gasteiger charge is -2.33. The molecule has 1 amide bonds. The van der Waals surface area contributed by atoms with Crippen molar-refractivity contribution in [2.75, 3.05) is 19.7 Å². The highest BCUT2D eigenvalue weighted by Crippen LogP contribution is 2.57. The highest BCUT2D eigenvalue weighted by molar-refractivity contribution is 5.73. The number of piperidine rings is 1. The van der Waals surface area contributed by atoms with Crippen molar-refractivity contribution < 1.29 is 9.90 Å². The Balaban J connectivity index is 1.98. The molecule has 1 saturated carbocycles. The van der Waals surface area contributed by atoms with Crippen LogP contribution in [0.2, 0.25) is 0 Å². The van der Waals surface area contributed by atoms with E-state index < -0.39 is 0 Å². The summed E-state index contributed by atoms with van der Waals surface area (Å²) in [5.74, 6) is 0.650. The SMILES string of the molecule is CC(=O)N1CCCC2(CC2CO)C1. The van der Waals surface area contributed by atoms with Gasteiger partial charge in [-0.25, -0.2) is 0 Å². The number of aliphatic hydroxyl groups excluding tert-OH is 1. The number of likely N-dealkylation sites (tertiary alicyclic amines) is 1. The van der Waals surface area contributed by atoms with Crippen molar-refractivity contribution >= 4 is 5.91 Å². The van der Waals surface area contributed by atoms with Gasteiger partial charge in [-0.05, 0) is 30.6 Å². The number of rotatable bonds is 1. The fourth-order valence-corrected chi connectivity index (χ4v) is 2.62. The minimum atomic E-state index is 0.183. The maximum absolute atomic E-state index is 11.2. The maximum atomic E-state index is 11.2. The smallest absolute Gasteiger partial charge is 0.219 e. The van der Waals surface area contributed by atoms with Gasteiger partial charge in [0.25, 0.3) is 0 Å². The predicted molar refractivity (Wildman–Crippen MR) is 49.1 cm³/mol. The molecular weight excluding hydrogens is 166 g/mol. The first-order valence-corrected chi connectivity index (χ1v) is 5.04. The van der Waals surface area contributed by atoms with Crippen LogP contribution in [-0.2, 0) is 4.79 Å². The largest absolute Gasteiger partial charge is 0.396 e. The highest BCUT2D eigenvalue weighted by atomic mass is 16.3. The van der Waals surface area contributed by atoms with Crippen molar-refractivity contribution in [1.29, 1.82) is 0 Å². The number of nitrogens with zero attached hydrogens (tertiary/aromatic N) is 1. The van der Waals surface area contributed by atoms with Crippen molar-refractivity contribution in [1.82, 2.24) is 4.90 Å². The van der Waals surface area contributed by atoms with Gasteiger partial charge in [0.05, 0.1) is 0 Å². The average Bonchev–Trinajstić information content (AvgIpc) is 2.78. The number of carbonyl (C=O) groups excluding carboxylic acids is 1. The Labute approximate surface area is 78.7 Å². The Bertz CT molecular complexity index is 229. The van der Waals surface area contributed by atoms with Crippen molar-refractivity contribution in [3.63, 3.8) is 0 Å². The molecule has 74 valence electrons. The van der Waals surface area contributed by atoms with E-state index in [-0.39, 0.29) is 5.91 Å². The van der Waals surface area contributed by atoms with E-state index in [9.17, 15) is 4.79 Å². The summed E-state index contributed by atoms with van der Waals surface area (Å²) in [5, 5.41) is 9.04. The van der Waals surface area contributed by atoms with E-state index in [1.54, 1.807) is 6.92 Å². The third kappa shape index (κ3) is 1.46. The zero-order valence-corrected chi connectivity index (χ0v) is 8.12. The summed E-state index contributed by atoms with van der Waals surface area (Å²) >= 11 is 0. The van der Waals surface area contributed by atoms with Gasteiger partial charge in [-0.15, -0.1) is 0 Å². The van der Waals surface area contributed by atoms with Crippen LogP contribution in [0.5, 0.6) is 0 Å². The van der Waals surface area contributed by atoms with E-state index in [1.807, 2.05) is 4.90 Å². The van der Waals surface area contributed by atoms with Gasteiger partial charge >= 0.3 is 0 Å². The van der Waals surface area contributed by atoms with E-state index in [0.29, 0.717) is 17.9 Å². The van der Waals surface area contributed by atoms with Gasteiger partial charge in [0.15, 0.2) is 0 Å². The fraction of sp³-hybridized carbons (Fsp3) is 0.900. The number of amides is 1. The number of hydrogen-bond donors (Lipinski definition) is 1. The summed E-state index contributed by atoms with van der Waals surface area (Å²) in [6.45, 7) is 3.73. The van der Waals surface area contributed by atoms with Crippen LogP contribution >= 0.6 is 0 Å². The van der Waals surface area contributed by atoms with E-state index in [2.05, 4.69) is 0 Å². The monoisotopic (exact) mass is 183 g/mol. The zero-order valence-electron chi connectivity index (χ0n) is 8.12. The summed E-state index contributed by atoms with van der Waals surface area (Å²) in [4.78, 5) is 13.1. The minimum Gasteiger partial charge on any atom is -0.396 e. The molecule has 0 radical (unpaired) electrons. The molecule has 2 aliphatic rings. The molecule has 1 heterocycles. The normalized spacial score (nSPS) is 38.0. The van der Waals surface area contributed by atoms with Crippen molar-refractivity contribution in [2.24, 2.45) is 11.3 Å². The quantitative estimate of drug-likeness (QED) is 0.647. The van der Waals surface area contributed by atoms with Crippen molar-refractivity contribution in [3.8, 4) is 0 Å². The van der Waals surface area contributed by atoms with E-state index in [0.717, 1.165) is 25.9 Å². The number of carbonyl (C=O) groups is 1. The Morgan fingerprint density at radius 1 is 1.69 bits per heavy atom. The Kier molecular flexibility index (Phi) is 2.06. The second kappa shape index (κ2) is 2.98. The van der Waals surface area contributed by atoms with Crippen molar-refractivity contribution in [2.45, 2.75) is 26.2 Å². The first-order valence-electron chi connectivity index (χ1n) is 5.04. The van der Waals surface area contributed by atoms with E-state index in [4.69, 9.17) is 5.11 Å². The van der Waals surface area contributed by atoms with Crippen LogP contribution in [0.4, 0.5) is 0 Å². The summed E-state index contributed by atoms with van der Waals surface area (Å²) in [7, 11) is 0. The topological polar surface area (TPSA) is 40.5 Å². The molecule has 0 bridgehead atoms. The number of hydrogen-bond acceptors (Lipinski definition) is 2. The van der Waals surface area contributed by atoms with Crippen LogP contribution in [0.3, 0.4) is 0 Å². The van der Waals surface area contributed by atoms with Crippen LogP contribution in [0.25, 0.3) is 0 Å². The standard InChI is InChI=1S/C10H17NO2/c1-8(13)11-4-2-3-10(7-11)5-9(10)6-12/h9,12H,2-7H2,1H3. The van der Waals surface area contributed by atoms with Crippen LogP contribution in [0.15, 0.2) is 0 Å². The fourth-order valence-electron chi connectivity index (χ4n) is 2.62. The molecule has 1 N–H and O–H groups in total. The highest BCUT2D eigenvalue weighted by Gasteiger charge is 2.55. The summed E-state index contributed by atoms with van der Waals surface area (Å²) in [6, 6.07) is 0. The van der Waals surface area contributed by atoms with Crippen LogP contribution in [-0.4, -0.2) is 35.6 Å². The average molecular weight is 183 g/mol. The Morgan fingerprint density at radius 3 is 3.00 bits per heavy atom. The summed E-state index contributed by atoms with van der Waals surface area (Å²) in [6.07, 6.45) is 3.42. The Morgan fingerprint density at radius 2 is 2.46 bits per heavy atom. The first kappa shape index (κ1) is 9.00. The second-order valence-corrected chi connectivity index (χ2v) is 4.49. The van der Waals surface area contributed by atoms with Gasteiger partial charge in [0.1, 0.15) is 0 Å². The van der Waals surface area contributed by atoms with Crippen LogP contribution in [0, 0.1) is 11.3 Å². The first-order chi connectivity index (χ1) is 6.18. The lowest BCUT2D eigenvalue weighted by molar-refractivity contribution is -0.131. The van der Waals surface area contributed by atoms with Crippen molar-refractivity contribution in [3.05, 3.63) is 0 Å². The molecular formula is C10H17NO2. The molecule has 0 aromatic carbocycles. The lowest BCUT2D eigenvalue weighted by Crippen LogP contribution is -2.40. The molecule has 0 aromatic heterocycles. The van der Waals surface area contributed by atoms with Gasteiger partial charge in [-0.2, -0.15) is 0 Å². The lowest BCUT2D eigenvalue weighted by atomic mass is 9.92. The van der Waals surface area contributed by atoms with Gasteiger partial charge in [0, 0.05) is 26.6 Å². The van der Waals surface area contributed by atoms with Gasteiger partial charge in [-0.1, -0.05) is 0 Å². The molecule has 2 atom stereocenters. The molecule has 3 nitrogen and oxygen atoms in total. The molecule has 2 unspecified atom stereocenters. The molecule has 1 saturated heterocycles. The van der Waals surface area contributed by atoms with Crippen LogP contribution in [0.1, 0.15) is 26.2 Å². The Hall–Kier alpha value is -0.570. The van der Waals surface area contributed by atoms with Gasteiger partial charge in [-0.3, -0.25) is 4.79 Å². The molecule has 1 aliphatic heterocycles. The molecule has 1 spiro atoms. The van der Waals surface area contributed by atoms with E-state index in [1.165, 1.54) is 6.42 Å². The second-order valence-electron chi connectivity index (χ2n) is 4.49. The number of aliphatic hydroxyl groups is 1. The zero-order chi connectivity index (χ0) is 9.47. The van der Waals surface area contributed by atoms with E-state index >= 15 is 0 Å².